The summed E-state index contributed by atoms with van der Waals surface area (Å²) in [5.41, 5.74) is 2.20. The molecule has 1 N–H and O–H groups in total. The third kappa shape index (κ3) is 3.52. The lowest BCUT2D eigenvalue weighted by molar-refractivity contribution is 0.117. The lowest BCUT2D eigenvalue weighted by atomic mass is 9.91. The third-order valence-corrected chi connectivity index (χ3v) is 2.79. The quantitative estimate of drug-likeness (QED) is 0.725. The molecule has 15 heavy (non-hydrogen) atoms. The normalized spacial score (nSPS) is 14.6. The van der Waals surface area contributed by atoms with Crippen LogP contribution in [0.4, 0.5) is 0 Å². The number of hydrogen-bond acceptors (Lipinski definition) is 1. The van der Waals surface area contributed by atoms with Crippen LogP contribution < -0.4 is 0 Å². The molecule has 0 bridgehead atoms. The maximum atomic E-state index is 10.1. The lowest BCUT2D eigenvalue weighted by Crippen LogP contribution is -2.09. The van der Waals surface area contributed by atoms with E-state index in [1.165, 1.54) is 5.57 Å². The second-order valence-electron chi connectivity index (χ2n) is 4.14. The van der Waals surface area contributed by atoms with Gasteiger partial charge in [0.1, 0.15) is 0 Å². The van der Waals surface area contributed by atoms with Gasteiger partial charge in [0.05, 0.1) is 6.10 Å². The molecule has 1 aromatic rings. The van der Waals surface area contributed by atoms with Crippen LogP contribution in [0.3, 0.4) is 0 Å². The summed E-state index contributed by atoms with van der Waals surface area (Å²) in [5, 5.41) is 10.1. The van der Waals surface area contributed by atoms with Gasteiger partial charge in [-0.1, -0.05) is 56.3 Å². The fraction of sp³-hybridized carbons (Fsp3) is 0.429. The van der Waals surface area contributed by atoms with Gasteiger partial charge in [0.2, 0.25) is 0 Å². The highest BCUT2D eigenvalue weighted by Gasteiger charge is 2.16. The van der Waals surface area contributed by atoms with Crippen LogP contribution in [0.1, 0.15) is 38.4 Å². The van der Waals surface area contributed by atoms with E-state index >= 15 is 0 Å². The number of aliphatic hydroxyl groups excluding tert-OH is 1. The van der Waals surface area contributed by atoms with Crippen LogP contribution >= 0.6 is 0 Å². The van der Waals surface area contributed by atoms with E-state index in [0.717, 1.165) is 18.4 Å². The highest BCUT2D eigenvalue weighted by atomic mass is 16.3. The van der Waals surface area contributed by atoms with Gasteiger partial charge in [0.25, 0.3) is 0 Å². The third-order valence-electron chi connectivity index (χ3n) is 2.79. The first-order valence-electron chi connectivity index (χ1n) is 5.54. The van der Waals surface area contributed by atoms with Gasteiger partial charge in [-0.2, -0.15) is 0 Å². The summed E-state index contributed by atoms with van der Waals surface area (Å²) in [7, 11) is 0. The van der Waals surface area contributed by atoms with Crippen molar-refractivity contribution in [2.75, 3.05) is 0 Å². The molecule has 0 saturated heterocycles. The Bertz CT molecular complexity index is 302. The number of hydrogen-bond donors (Lipinski definition) is 1. The Morgan fingerprint density at radius 3 is 2.47 bits per heavy atom. The molecule has 0 saturated carbocycles. The van der Waals surface area contributed by atoms with E-state index in [0.29, 0.717) is 0 Å². The monoisotopic (exact) mass is 204 g/mol. The molecule has 1 nitrogen and oxygen atoms in total. The summed E-state index contributed by atoms with van der Waals surface area (Å²) >= 11 is 0. The fourth-order valence-corrected chi connectivity index (χ4v) is 1.69. The molecule has 0 aliphatic rings. The first-order chi connectivity index (χ1) is 7.15. The Kier molecular flexibility index (Phi) is 4.57. The van der Waals surface area contributed by atoms with Crippen LogP contribution in [-0.2, 0) is 0 Å². The number of benzene rings is 1. The fourth-order valence-electron chi connectivity index (χ4n) is 1.69. The molecule has 0 aromatic heterocycles. The van der Waals surface area contributed by atoms with Crippen LogP contribution in [0.15, 0.2) is 42.5 Å². The van der Waals surface area contributed by atoms with Crippen molar-refractivity contribution in [1.82, 2.24) is 0 Å². The summed E-state index contributed by atoms with van der Waals surface area (Å²) in [4.78, 5) is 0. The molecule has 82 valence electrons. The van der Waals surface area contributed by atoms with Gasteiger partial charge in [-0.15, -0.1) is 0 Å². The van der Waals surface area contributed by atoms with E-state index in [-0.39, 0.29) is 12.0 Å². The van der Waals surface area contributed by atoms with Crippen molar-refractivity contribution < 1.29 is 5.11 Å². The lowest BCUT2D eigenvalue weighted by Gasteiger charge is -2.19. The van der Waals surface area contributed by atoms with Crippen molar-refractivity contribution in [3.63, 3.8) is 0 Å². The van der Waals surface area contributed by atoms with Crippen LogP contribution in [0.2, 0.25) is 0 Å². The summed E-state index contributed by atoms with van der Waals surface area (Å²) in [5.74, 6) is 0.236. The second kappa shape index (κ2) is 5.72. The zero-order valence-electron chi connectivity index (χ0n) is 9.61. The average molecular weight is 204 g/mol. The van der Waals surface area contributed by atoms with Crippen LogP contribution in [-0.4, -0.2) is 5.11 Å². The maximum absolute atomic E-state index is 10.1. The summed E-state index contributed by atoms with van der Waals surface area (Å²) in [6.45, 7) is 8.15. The number of rotatable bonds is 5. The zero-order chi connectivity index (χ0) is 11.3. The molecule has 0 aliphatic carbocycles. The molecule has 1 heteroatoms. The van der Waals surface area contributed by atoms with Gasteiger partial charge in [-0.25, -0.2) is 0 Å². The second-order valence-corrected chi connectivity index (χ2v) is 4.14. The largest absolute Gasteiger partial charge is 0.388 e. The molecule has 0 radical (unpaired) electrons. The molecule has 2 unspecified atom stereocenters. The van der Waals surface area contributed by atoms with Crippen molar-refractivity contribution in [3.8, 4) is 0 Å². The van der Waals surface area contributed by atoms with E-state index in [1.54, 1.807) is 0 Å². The predicted molar refractivity (Wildman–Crippen MR) is 64.6 cm³/mol. The van der Waals surface area contributed by atoms with Gasteiger partial charge in [-0.3, -0.25) is 0 Å². The molecular weight excluding hydrogens is 184 g/mol. The van der Waals surface area contributed by atoms with Crippen molar-refractivity contribution in [3.05, 3.63) is 48.0 Å². The Balaban J connectivity index is 2.61. The van der Waals surface area contributed by atoms with Crippen LogP contribution in [0, 0.1) is 5.92 Å². The minimum atomic E-state index is -0.380. The first kappa shape index (κ1) is 12.0. The molecule has 1 aromatic carbocycles. The van der Waals surface area contributed by atoms with Crippen LogP contribution in [0.25, 0.3) is 0 Å². The molecule has 0 heterocycles. The van der Waals surface area contributed by atoms with Gasteiger partial charge in [0, 0.05) is 0 Å². The standard InChI is InChI=1S/C14H20O/c1-4-11(2)10-12(3)14(15)13-8-6-5-7-9-13/h5-9,12,14-15H,2,4,10H2,1,3H3. The van der Waals surface area contributed by atoms with Gasteiger partial charge in [0.15, 0.2) is 0 Å². The van der Waals surface area contributed by atoms with Crippen molar-refractivity contribution >= 4 is 0 Å². The SMILES string of the molecule is C=C(CC)CC(C)C(O)c1ccccc1. The molecule has 0 aliphatic heterocycles. The molecule has 0 spiro atoms. The van der Waals surface area contributed by atoms with E-state index in [9.17, 15) is 5.11 Å². The maximum Gasteiger partial charge on any atom is 0.0818 e. The van der Waals surface area contributed by atoms with E-state index in [2.05, 4.69) is 20.4 Å². The van der Waals surface area contributed by atoms with Gasteiger partial charge < -0.3 is 5.11 Å². The van der Waals surface area contributed by atoms with Gasteiger partial charge >= 0.3 is 0 Å². The topological polar surface area (TPSA) is 20.2 Å². The summed E-state index contributed by atoms with van der Waals surface area (Å²) in [6.07, 6.45) is 1.51. The van der Waals surface area contributed by atoms with Gasteiger partial charge in [-0.05, 0) is 24.3 Å². The minimum Gasteiger partial charge on any atom is -0.388 e. The van der Waals surface area contributed by atoms with E-state index in [1.807, 2.05) is 30.3 Å². The molecule has 0 fully saturated rings. The highest BCUT2D eigenvalue weighted by molar-refractivity contribution is 5.18. The molecule has 1 rings (SSSR count). The molecule has 2 atom stereocenters. The molecule has 0 amide bonds. The Morgan fingerprint density at radius 2 is 1.93 bits per heavy atom. The van der Waals surface area contributed by atoms with Crippen molar-refractivity contribution in [2.45, 2.75) is 32.8 Å². The minimum absolute atomic E-state index is 0.236. The van der Waals surface area contributed by atoms with Crippen molar-refractivity contribution in [2.24, 2.45) is 5.92 Å². The summed E-state index contributed by atoms with van der Waals surface area (Å²) < 4.78 is 0. The van der Waals surface area contributed by atoms with E-state index < -0.39 is 0 Å². The first-order valence-corrected chi connectivity index (χ1v) is 5.54. The smallest absolute Gasteiger partial charge is 0.0818 e. The predicted octanol–water partition coefficient (Wildman–Crippen LogP) is 3.71. The zero-order valence-corrected chi connectivity index (χ0v) is 9.61. The Labute approximate surface area is 92.5 Å². The van der Waals surface area contributed by atoms with Crippen molar-refractivity contribution in [1.29, 1.82) is 0 Å². The summed E-state index contributed by atoms with van der Waals surface area (Å²) in [6, 6.07) is 9.82. The highest BCUT2D eigenvalue weighted by Crippen LogP contribution is 2.26. The Hall–Kier alpha value is -1.08. The average Bonchev–Trinajstić information content (AvgIpc) is 2.29. The van der Waals surface area contributed by atoms with Crippen LogP contribution in [0.5, 0.6) is 0 Å². The Morgan fingerprint density at radius 1 is 1.33 bits per heavy atom. The number of allylic oxidation sites excluding steroid dienone is 1. The molecular formula is C14H20O. The number of aliphatic hydroxyl groups is 1. The van der Waals surface area contributed by atoms with E-state index in [4.69, 9.17) is 0 Å².